The van der Waals surface area contributed by atoms with Gasteiger partial charge in [-0.15, -0.1) is 0 Å². The molecule has 2 atom stereocenters. The van der Waals surface area contributed by atoms with Gasteiger partial charge in [0.1, 0.15) is 6.10 Å². The molecule has 1 saturated heterocycles. The van der Waals surface area contributed by atoms with Crippen molar-refractivity contribution in [3.8, 4) is 5.75 Å². The number of benzene rings is 1. The molecule has 8 nitrogen and oxygen atoms in total. The molecule has 1 N–H and O–H groups in total. The smallest absolute Gasteiger partial charge is 0.407 e. The summed E-state index contributed by atoms with van der Waals surface area (Å²) >= 11 is 0. The number of ether oxygens (including phenoxy) is 1. The van der Waals surface area contributed by atoms with Crippen LogP contribution in [0.15, 0.2) is 28.9 Å². The van der Waals surface area contributed by atoms with E-state index in [4.69, 9.17) is 14.3 Å². The topological polar surface area (TPSA) is 106 Å². The maximum atomic E-state index is 14.1. The van der Waals surface area contributed by atoms with Crippen LogP contribution in [0.2, 0.25) is 0 Å². The van der Waals surface area contributed by atoms with E-state index in [1.165, 1.54) is 18.4 Å². The minimum absolute atomic E-state index is 0.0793. The molecule has 1 fully saturated rings. The number of likely N-dealkylation sites (tertiary alicyclic amines) is 1. The lowest BCUT2D eigenvalue weighted by molar-refractivity contribution is -0.384. The molecule has 0 radical (unpaired) electrons. The van der Waals surface area contributed by atoms with Gasteiger partial charge >= 0.3 is 6.09 Å². The summed E-state index contributed by atoms with van der Waals surface area (Å²) < 4.78 is 24.9. The molecule has 0 bridgehead atoms. The Bertz CT molecular complexity index is 761. The van der Waals surface area contributed by atoms with Crippen LogP contribution in [0.25, 0.3) is 11.0 Å². The second-order valence-electron chi connectivity index (χ2n) is 5.23. The van der Waals surface area contributed by atoms with Crippen LogP contribution in [-0.2, 0) is 0 Å². The highest BCUT2D eigenvalue weighted by molar-refractivity contribution is 5.85. The maximum absolute atomic E-state index is 14.1. The molecule has 1 amide bonds. The molecule has 9 heteroatoms. The van der Waals surface area contributed by atoms with Gasteiger partial charge in [0, 0.05) is 24.4 Å². The van der Waals surface area contributed by atoms with Crippen LogP contribution in [0.5, 0.6) is 5.75 Å². The van der Waals surface area contributed by atoms with E-state index >= 15 is 0 Å². The van der Waals surface area contributed by atoms with Crippen LogP contribution in [0, 0.1) is 10.1 Å². The Labute approximate surface area is 129 Å². The summed E-state index contributed by atoms with van der Waals surface area (Å²) in [5.41, 5.74) is 0.107. The van der Waals surface area contributed by atoms with Crippen LogP contribution in [0.3, 0.4) is 0 Å². The van der Waals surface area contributed by atoms with Gasteiger partial charge in [0.05, 0.1) is 23.8 Å². The van der Waals surface area contributed by atoms with Crippen molar-refractivity contribution in [2.45, 2.75) is 18.7 Å². The van der Waals surface area contributed by atoms with Crippen molar-refractivity contribution in [2.24, 2.45) is 0 Å². The predicted molar refractivity (Wildman–Crippen MR) is 76.4 cm³/mol. The van der Waals surface area contributed by atoms with Gasteiger partial charge in [0.2, 0.25) is 0 Å². The molecule has 2 aromatic rings. The molecule has 3 rings (SSSR count). The van der Waals surface area contributed by atoms with Gasteiger partial charge in [-0.25, -0.2) is 9.18 Å². The average molecular weight is 324 g/mol. The molecule has 0 saturated carbocycles. The molecular formula is C14H13FN2O6. The lowest BCUT2D eigenvalue weighted by Gasteiger charge is -2.32. The summed E-state index contributed by atoms with van der Waals surface area (Å²) in [4.78, 5) is 22.2. The van der Waals surface area contributed by atoms with E-state index in [-0.39, 0.29) is 30.9 Å². The Morgan fingerprint density at radius 1 is 1.52 bits per heavy atom. The first kappa shape index (κ1) is 15.1. The third kappa shape index (κ3) is 2.89. The number of alkyl halides is 1. The Morgan fingerprint density at radius 3 is 2.96 bits per heavy atom. The monoisotopic (exact) mass is 324 g/mol. The van der Waals surface area contributed by atoms with Crippen LogP contribution >= 0.6 is 0 Å². The number of nitro benzene ring substituents is 1. The van der Waals surface area contributed by atoms with Crippen molar-refractivity contribution in [3.63, 3.8) is 0 Å². The number of hydrogen-bond donors (Lipinski definition) is 1. The number of non-ortho nitro benzene ring substituents is 1. The van der Waals surface area contributed by atoms with Gasteiger partial charge < -0.3 is 19.2 Å². The fourth-order valence-electron chi connectivity index (χ4n) is 2.58. The van der Waals surface area contributed by atoms with E-state index in [0.29, 0.717) is 11.0 Å². The first-order valence-corrected chi connectivity index (χ1v) is 6.90. The molecule has 1 aromatic heterocycles. The molecule has 1 aliphatic rings. The summed E-state index contributed by atoms with van der Waals surface area (Å²) in [6, 6.07) is 4.07. The van der Waals surface area contributed by atoms with Gasteiger partial charge in [-0.1, -0.05) is 0 Å². The van der Waals surface area contributed by atoms with Crippen molar-refractivity contribution < 1.29 is 28.4 Å². The quantitative estimate of drug-likeness (QED) is 0.687. The third-order valence-electron chi connectivity index (χ3n) is 3.74. The van der Waals surface area contributed by atoms with E-state index in [0.717, 1.165) is 4.90 Å². The number of carbonyl (C=O) groups is 1. The molecule has 23 heavy (non-hydrogen) atoms. The Hall–Kier alpha value is -2.84. The minimum atomic E-state index is -1.52. The Morgan fingerprint density at radius 2 is 2.30 bits per heavy atom. The lowest BCUT2D eigenvalue weighted by Crippen LogP contribution is -2.48. The molecule has 122 valence electrons. The average Bonchev–Trinajstić information content (AvgIpc) is 2.97. The number of fused-ring (bicyclic) bond motifs is 1. The summed E-state index contributed by atoms with van der Waals surface area (Å²) in [5, 5.41) is 20.3. The number of furan rings is 1. The van der Waals surface area contributed by atoms with Crippen molar-refractivity contribution >= 4 is 22.7 Å². The SMILES string of the molecule is O=C(O)N1CCC(Oc2cc([N+](=O)[O-])cc3ccoc23)C(F)C1. The van der Waals surface area contributed by atoms with E-state index in [1.54, 1.807) is 6.07 Å². The van der Waals surface area contributed by atoms with Gasteiger partial charge in [0.15, 0.2) is 17.5 Å². The highest BCUT2D eigenvalue weighted by atomic mass is 19.1. The molecule has 0 spiro atoms. The number of nitrogens with zero attached hydrogens (tertiary/aromatic N) is 2. The van der Waals surface area contributed by atoms with Crippen molar-refractivity contribution in [1.29, 1.82) is 0 Å². The zero-order valence-corrected chi connectivity index (χ0v) is 11.8. The summed E-state index contributed by atoms with van der Waals surface area (Å²) in [6.45, 7) is -0.160. The Balaban J connectivity index is 1.85. The fourth-order valence-corrected chi connectivity index (χ4v) is 2.58. The number of piperidine rings is 1. The molecular weight excluding hydrogens is 311 g/mol. The normalized spacial score (nSPS) is 21.3. The molecule has 2 heterocycles. The Kier molecular flexibility index (Phi) is 3.77. The first-order chi connectivity index (χ1) is 11.0. The highest BCUT2D eigenvalue weighted by Crippen LogP contribution is 2.34. The van der Waals surface area contributed by atoms with Crippen LogP contribution in [0.1, 0.15) is 6.42 Å². The molecule has 0 aliphatic carbocycles. The second-order valence-corrected chi connectivity index (χ2v) is 5.23. The summed E-state index contributed by atoms with van der Waals surface area (Å²) in [5.74, 6) is 0.0793. The number of halogens is 1. The lowest BCUT2D eigenvalue weighted by atomic mass is 10.1. The van der Waals surface area contributed by atoms with E-state index in [1.807, 2.05) is 0 Å². The largest absolute Gasteiger partial charge is 0.483 e. The van der Waals surface area contributed by atoms with Crippen molar-refractivity contribution in [2.75, 3.05) is 13.1 Å². The maximum Gasteiger partial charge on any atom is 0.407 e. The number of carboxylic acid groups (broad SMARTS) is 1. The van der Waals surface area contributed by atoms with Crippen LogP contribution in [-0.4, -0.2) is 46.4 Å². The number of hydrogen-bond acceptors (Lipinski definition) is 5. The van der Waals surface area contributed by atoms with Gasteiger partial charge in [-0.3, -0.25) is 10.1 Å². The number of rotatable bonds is 3. The first-order valence-electron chi connectivity index (χ1n) is 6.90. The van der Waals surface area contributed by atoms with Gasteiger partial charge in [0.25, 0.3) is 5.69 Å². The zero-order chi connectivity index (χ0) is 16.6. The highest BCUT2D eigenvalue weighted by Gasteiger charge is 2.33. The number of nitro groups is 1. The fraction of sp³-hybridized carbons (Fsp3) is 0.357. The number of amides is 1. The van der Waals surface area contributed by atoms with Gasteiger partial charge in [-0.05, 0) is 6.07 Å². The predicted octanol–water partition coefficient (Wildman–Crippen LogP) is 2.81. The standard InChI is InChI=1S/C14H13FN2O6/c15-10-7-16(14(18)19)3-1-11(10)23-12-6-9(17(20)21)5-8-2-4-22-13(8)12/h2,4-6,10-11H,1,3,7H2,(H,18,19). The summed E-state index contributed by atoms with van der Waals surface area (Å²) in [6.07, 6.45) is -2.08. The van der Waals surface area contributed by atoms with E-state index < -0.39 is 23.3 Å². The third-order valence-corrected chi connectivity index (χ3v) is 3.74. The van der Waals surface area contributed by atoms with Crippen LogP contribution < -0.4 is 4.74 Å². The molecule has 1 aliphatic heterocycles. The summed E-state index contributed by atoms with van der Waals surface area (Å²) in [7, 11) is 0. The van der Waals surface area contributed by atoms with Gasteiger partial charge in [-0.2, -0.15) is 0 Å². The molecule has 2 unspecified atom stereocenters. The van der Waals surface area contributed by atoms with E-state index in [2.05, 4.69) is 0 Å². The molecule has 1 aromatic carbocycles. The minimum Gasteiger partial charge on any atom is -0.483 e. The van der Waals surface area contributed by atoms with Crippen LogP contribution in [0.4, 0.5) is 14.9 Å². The van der Waals surface area contributed by atoms with Crippen molar-refractivity contribution in [3.05, 3.63) is 34.6 Å². The zero-order valence-electron chi connectivity index (χ0n) is 11.8. The second kappa shape index (κ2) is 5.75. The van der Waals surface area contributed by atoms with Crippen molar-refractivity contribution in [1.82, 2.24) is 4.90 Å². The van der Waals surface area contributed by atoms with E-state index in [9.17, 15) is 19.3 Å².